The molecule has 1 unspecified atom stereocenters. The van der Waals surface area contributed by atoms with Crippen LogP contribution in [0.5, 0.6) is 0 Å². The average molecular weight is 466 g/mol. The van der Waals surface area contributed by atoms with E-state index in [1.807, 2.05) is 0 Å². The van der Waals surface area contributed by atoms with Gasteiger partial charge in [-0.1, -0.05) is 181 Å². The fourth-order valence-electron chi connectivity index (χ4n) is 5.28. The summed E-state index contributed by atoms with van der Waals surface area (Å²) in [6, 6.07) is 0. The van der Waals surface area contributed by atoms with Gasteiger partial charge in [-0.3, -0.25) is 0 Å². The van der Waals surface area contributed by atoms with E-state index in [0.29, 0.717) is 0 Å². The molecule has 0 aliphatic heterocycles. The van der Waals surface area contributed by atoms with Crippen LogP contribution < -0.4 is 5.73 Å². The fourth-order valence-corrected chi connectivity index (χ4v) is 5.28. The Morgan fingerprint density at radius 2 is 0.545 bits per heavy atom. The highest BCUT2D eigenvalue weighted by Crippen LogP contribution is 2.19. The Hall–Kier alpha value is -0.0400. The zero-order chi connectivity index (χ0) is 24.1. The third-order valence-electron chi connectivity index (χ3n) is 7.77. The van der Waals surface area contributed by atoms with Crippen molar-refractivity contribution in [2.75, 3.05) is 6.54 Å². The molecule has 0 aromatic carbocycles. The molecule has 0 bridgehead atoms. The molecule has 0 radical (unpaired) electrons. The largest absolute Gasteiger partial charge is 0.330 e. The van der Waals surface area contributed by atoms with Gasteiger partial charge < -0.3 is 5.73 Å². The van der Waals surface area contributed by atoms with Crippen molar-refractivity contribution in [2.45, 2.75) is 194 Å². The number of rotatable bonds is 29. The molecule has 0 aromatic heterocycles. The molecule has 0 saturated carbocycles. The van der Waals surface area contributed by atoms with Crippen LogP contribution in [0.1, 0.15) is 194 Å². The Labute approximate surface area is 211 Å². The highest BCUT2D eigenvalue weighted by Gasteiger charge is 2.06. The van der Waals surface area contributed by atoms with Crippen LogP contribution in [0.15, 0.2) is 0 Å². The summed E-state index contributed by atoms with van der Waals surface area (Å²) >= 11 is 0. The fraction of sp³-hybridized carbons (Fsp3) is 1.00. The SMILES string of the molecule is CCCCCCCCCCCCCCCCC(CN)CCCCCCCCCCCCCC. The van der Waals surface area contributed by atoms with Gasteiger partial charge in [0, 0.05) is 0 Å². The molecule has 0 aromatic rings. The van der Waals surface area contributed by atoms with Crippen molar-refractivity contribution in [1.29, 1.82) is 0 Å². The van der Waals surface area contributed by atoms with Crippen molar-refractivity contribution < 1.29 is 0 Å². The van der Waals surface area contributed by atoms with Crippen LogP contribution in [-0.4, -0.2) is 6.54 Å². The van der Waals surface area contributed by atoms with Gasteiger partial charge in [0.1, 0.15) is 0 Å². The smallest absolute Gasteiger partial charge is 0.00489 e. The molecule has 0 fully saturated rings. The van der Waals surface area contributed by atoms with Crippen LogP contribution in [0, 0.1) is 5.92 Å². The number of hydrogen-bond acceptors (Lipinski definition) is 1. The molecule has 1 heteroatoms. The summed E-state index contributed by atoms with van der Waals surface area (Å²) < 4.78 is 0. The van der Waals surface area contributed by atoms with Gasteiger partial charge >= 0.3 is 0 Å². The first-order chi connectivity index (χ1) is 16.3. The maximum absolute atomic E-state index is 6.07. The molecular weight excluding hydrogens is 398 g/mol. The monoisotopic (exact) mass is 466 g/mol. The van der Waals surface area contributed by atoms with Crippen LogP contribution in [0.3, 0.4) is 0 Å². The summed E-state index contributed by atoms with van der Waals surface area (Å²) in [5.41, 5.74) is 6.07. The summed E-state index contributed by atoms with van der Waals surface area (Å²) in [6.45, 7) is 5.52. The molecule has 0 aliphatic carbocycles. The molecule has 0 spiro atoms. The minimum atomic E-state index is 0.797. The third-order valence-corrected chi connectivity index (χ3v) is 7.77. The molecule has 0 saturated heterocycles. The molecular formula is C32H67N. The highest BCUT2D eigenvalue weighted by molar-refractivity contribution is 4.61. The van der Waals surface area contributed by atoms with E-state index in [-0.39, 0.29) is 0 Å². The van der Waals surface area contributed by atoms with E-state index in [1.54, 1.807) is 0 Å². The van der Waals surface area contributed by atoms with Gasteiger partial charge in [0.2, 0.25) is 0 Å². The normalized spacial score (nSPS) is 12.5. The van der Waals surface area contributed by atoms with Gasteiger partial charge in [0.05, 0.1) is 0 Å². The highest BCUT2D eigenvalue weighted by atomic mass is 14.5. The first-order valence-corrected chi connectivity index (χ1v) is 16.0. The van der Waals surface area contributed by atoms with Crippen LogP contribution in [0.4, 0.5) is 0 Å². The summed E-state index contributed by atoms with van der Waals surface area (Å²) in [5, 5.41) is 0. The van der Waals surface area contributed by atoms with Gasteiger partial charge in [0.15, 0.2) is 0 Å². The first-order valence-electron chi connectivity index (χ1n) is 16.0. The van der Waals surface area contributed by atoms with Crippen molar-refractivity contribution in [2.24, 2.45) is 11.7 Å². The van der Waals surface area contributed by atoms with Gasteiger partial charge in [-0.15, -0.1) is 0 Å². The summed E-state index contributed by atoms with van der Waals surface area (Å²) in [4.78, 5) is 0. The Morgan fingerprint density at radius 3 is 0.758 bits per heavy atom. The molecule has 0 heterocycles. The summed E-state index contributed by atoms with van der Waals surface area (Å²) in [7, 11) is 0. The van der Waals surface area contributed by atoms with Gasteiger partial charge in [-0.25, -0.2) is 0 Å². The molecule has 1 atom stereocenters. The lowest BCUT2D eigenvalue weighted by Crippen LogP contribution is -2.14. The second-order valence-corrected chi connectivity index (χ2v) is 11.2. The quantitative estimate of drug-likeness (QED) is 0.109. The Kier molecular flexibility index (Phi) is 30.0. The number of hydrogen-bond donors (Lipinski definition) is 1. The molecule has 2 N–H and O–H groups in total. The summed E-state index contributed by atoms with van der Waals surface area (Å²) in [6.07, 6.45) is 40.5. The summed E-state index contributed by atoms with van der Waals surface area (Å²) in [5.74, 6) is 0.797. The van der Waals surface area contributed by atoms with E-state index >= 15 is 0 Å². The maximum Gasteiger partial charge on any atom is -0.00489 e. The average Bonchev–Trinajstić information content (AvgIpc) is 2.83. The van der Waals surface area contributed by atoms with E-state index in [0.717, 1.165) is 12.5 Å². The Bertz CT molecular complexity index is 326. The van der Waals surface area contributed by atoms with Crippen LogP contribution in [0.2, 0.25) is 0 Å². The van der Waals surface area contributed by atoms with Crippen molar-refractivity contribution in [3.05, 3.63) is 0 Å². The number of nitrogens with two attached hydrogens (primary N) is 1. The molecule has 200 valence electrons. The molecule has 0 amide bonds. The predicted molar refractivity (Wildman–Crippen MR) is 153 cm³/mol. The Morgan fingerprint density at radius 1 is 0.333 bits per heavy atom. The standard InChI is InChI=1S/C32H67N/c1-3-5-7-9-11-13-15-17-18-20-22-24-26-28-30-32(31-33)29-27-25-23-21-19-16-14-12-10-8-6-4-2/h32H,3-31,33H2,1-2H3. The van der Waals surface area contributed by atoms with E-state index < -0.39 is 0 Å². The van der Waals surface area contributed by atoms with E-state index in [9.17, 15) is 0 Å². The van der Waals surface area contributed by atoms with Gasteiger partial charge in [0.25, 0.3) is 0 Å². The van der Waals surface area contributed by atoms with Crippen molar-refractivity contribution >= 4 is 0 Å². The van der Waals surface area contributed by atoms with Gasteiger partial charge in [-0.2, -0.15) is 0 Å². The molecule has 0 rings (SSSR count). The third kappa shape index (κ3) is 28.1. The van der Waals surface area contributed by atoms with E-state index in [1.165, 1.54) is 180 Å². The Balaban J connectivity index is 3.26. The van der Waals surface area contributed by atoms with Crippen molar-refractivity contribution in [3.8, 4) is 0 Å². The predicted octanol–water partition coefficient (Wildman–Crippen LogP) is 11.5. The van der Waals surface area contributed by atoms with E-state index in [4.69, 9.17) is 5.73 Å². The molecule has 0 aliphatic rings. The molecule has 33 heavy (non-hydrogen) atoms. The van der Waals surface area contributed by atoms with E-state index in [2.05, 4.69) is 13.8 Å². The first kappa shape index (κ1) is 33.0. The lowest BCUT2D eigenvalue weighted by Gasteiger charge is -2.14. The zero-order valence-electron chi connectivity index (χ0n) is 23.7. The second-order valence-electron chi connectivity index (χ2n) is 11.2. The zero-order valence-corrected chi connectivity index (χ0v) is 23.7. The topological polar surface area (TPSA) is 26.0 Å². The van der Waals surface area contributed by atoms with Crippen molar-refractivity contribution in [1.82, 2.24) is 0 Å². The van der Waals surface area contributed by atoms with Gasteiger partial charge in [-0.05, 0) is 25.3 Å². The second kappa shape index (κ2) is 30.0. The minimum Gasteiger partial charge on any atom is -0.330 e. The lowest BCUT2D eigenvalue weighted by molar-refractivity contribution is 0.409. The minimum absolute atomic E-state index is 0.797. The lowest BCUT2D eigenvalue weighted by atomic mass is 9.94. The van der Waals surface area contributed by atoms with Crippen LogP contribution in [0.25, 0.3) is 0 Å². The van der Waals surface area contributed by atoms with Crippen LogP contribution >= 0.6 is 0 Å². The maximum atomic E-state index is 6.07. The van der Waals surface area contributed by atoms with Crippen LogP contribution in [-0.2, 0) is 0 Å². The number of unbranched alkanes of at least 4 members (excludes halogenated alkanes) is 24. The molecule has 1 nitrogen and oxygen atoms in total. The van der Waals surface area contributed by atoms with Crippen molar-refractivity contribution in [3.63, 3.8) is 0 Å².